The number of hydrogen-bond donors (Lipinski definition) is 0. The molecule has 2 heterocycles. The first kappa shape index (κ1) is 18.8. The van der Waals surface area contributed by atoms with E-state index in [9.17, 15) is 0 Å². The van der Waals surface area contributed by atoms with Gasteiger partial charge < -0.3 is 14.2 Å². The van der Waals surface area contributed by atoms with E-state index in [2.05, 4.69) is 12.1 Å². The predicted molar refractivity (Wildman–Crippen MR) is 117 cm³/mol. The summed E-state index contributed by atoms with van der Waals surface area (Å²) in [5.74, 6) is 2.22. The molecule has 3 aromatic rings. The average Bonchev–Trinajstić information content (AvgIpc) is 3.24. The largest absolute Gasteiger partial charge is 0.493 e. The van der Waals surface area contributed by atoms with Crippen molar-refractivity contribution in [3.63, 3.8) is 0 Å². The molecular weight excluding hydrogens is 400 g/mol. The molecule has 0 aromatic heterocycles. The zero-order valence-corrected chi connectivity index (χ0v) is 17.5. The second-order valence-corrected chi connectivity index (χ2v) is 7.72. The Bertz CT molecular complexity index is 1120. The van der Waals surface area contributed by atoms with Crippen molar-refractivity contribution < 1.29 is 14.2 Å². The van der Waals surface area contributed by atoms with E-state index in [0.29, 0.717) is 16.5 Å². The summed E-state index contributed by atoms with van der Waals surface area (Å²) in [6, 6.07) is 21.9. The topological polar surface area (TPSA) is 43.3 Å². The van der Waals surface area contributed by atoms with Crippen LogP contribution in [0.25, 0.3) is 0 Å². The van der Waals surface area contributed by atoms with Crippen molar-refractivity contribution in [2.24, 2.45) is 5.10 Å². The Labute approximate surface area is 180 Å². The van der Waals surface area contributed by atoms with Crippen molar-refractivity contribution >= 4 is 17.3 Å². The number of ether oxygens (including phenoxy) is 3. The van der Waals surface area contributed by atoms with Gasteiger partial charge in [-0.05, 0) is 36.4 Å². The third kappa shape index (κ3) is 3.15. The zero-order chi connectivity index (χ0) is 20.7. The fraction of sp³-hybridized carbons (Fsp3) is 0.208. The summed E-state index contributed by atoms with van der Waals surface area (Å²) in [5, 5.41) is 7.71. The molecule has 0 amide bonds. The lowest BCUT2D eigenvalue weighted by Gasteiger charge is -2.38. The molecule has 3 aromatic carbocycles. The van der Waals surface area contributed by atoms with Crippen LogP contribution in [0.15, 0.2) is 71.8 Å². The Morgan fingerprint density at radius 2 is 1.77 bits per heavy atom. The first-order valence-corrected chi connectivity index (χ1v) is 10.1. The summed E-state index contributed by atoms with van der Waals surface area (Å²) >= 11 is 6.30. The van der Waals surface area contributed by atoms with Crippen LogP contribution in [-0.4, -0.2) is 24.9 Å². The molecule has 5 nitrogen and oxygen atoms in total. The van der Waals surface area contributed by atoms with Gasteiger partial charge in [0.05, 0.1) is 26.0 Å². The van der Waals surface area contributed by atoms with Crippen molar-refractivity contribution in [3.05, 3.63) is 88.4 Å². The summed E-state index contributed by atoms with van der Waals surface area (Å²) in [6.07, 6.45) is 0.442. The Morgan fingerprint density at radius 1 is 0.967 bits per heavy atom. The summed E-state index contributed by atoms with van der Waals surface area (Å²) < 4.78 is 17.2. The normalized spacial score (nSPS) is 19.4. The van der Waals surface area contributed by atoms with Crippen LogP contribution in [0.2, 0.25) is 5.02 Å². The van der Waals surface area contributed by atoms with Gasteiger partial charge in [-0.25, -0.2) is 5.01 Å². The van der Waals surface area contributed by atoms with Crippen LogP contribution < -0.4 is 14.2 Å². The molecule has 5 rings (SSSR count). The fourth-order valence-electron chi connectivity index (χ4n) is 4.09. The quantitative estimate of drug-likeness (QED) is 0.551. The highest BCUT2D eigenvalue weighted by Gasteiger charge is 2.41. The lowest BCUT2D eigenvalue weighted by molar-refractivity contribution is -0.0190. The van der Waals surface area contributed by atoms with Gasteiger partial charge in [0.1, 0.15) is 5.75 Å². The highest BCUT2D eigenvalue weighted by molar-refractivity contribution is 6.30. The van der Waals surface area contributed by atoms with Crippen LogP contribution in [-0.2, 0) is 0 Å². The summed E-state index contributed by atoms with van der Waals surface area (Å²) in [5.41, 5.74) is 4.07. The second kappa shape index (κ2) is 7.58. The molecule has 0 spiro atoms. The molecule has 2 aliphatic rings. The molecule has 0 fully saturated rings. The smallest absolute Gasteiger partial charge is 0.213 e. The molecule has 2 atom stereocenters. The van der Waals surface area contributed by atoms with E-state index < -0.39 is 0 Å². The van der Waals surface area contributed by atoms with Crippen LogP contribution in [0.1, 0.15) is 35.4 Å². The number of nitrogens with zero attached hydrogens (tertiary/aromatic N) is 2. The maximum absolute atomic E-state index is 6.37. The maximum atomic E-state index is 6.37. The number of fused-ring (bicyclic) bond motifs is 3. The Hall–Kier alpha value is -3.18. The summed E-state index contributed by atoms with van der Waals surface area (Å²) in [6.45, 7) is 0. The monoisotopic (exact) mass is 420 g/mol. The van der Waals surface area contributed by atoms with Crippen molar-refractivity contribution in [1.29, 1.82) is 0 Å². The standard InChI is InChI=1S/C24H21ClN2O3/c1-28-22-10-8-16(12-23(22)29-2)19-14-20-18-13-17(25)9-11-21(18)30-24(27(20)26-19)15-6-4-3-5-7-15/h3-13,20,24H,14H2,1-2H3/t20-,24+/m1/s1. The summed E-state index contributed by atoms with van der Waals surface area (Å²) in [4.78, 5) is 0. The molecule has 6 heteroatoms. The van der Waals surface area contributed by atoms with Gasteiger partial charge in [-0.3, -0.25) is 0 Å². The number of methoxy groups -OCH3 is 2. The van der Waals surface area contributed by atoms with Crippen molar-refractivity contribution in [3.8, 4) is 17.2 Å². The highest BCUT2D eigenvalue weighted by Crippen LogP contribution is 2.48. The molecule has 0 saturated carbocycles. The second-order valence-electron chi connectivity index (χ2n) is 7.28. The zero-order valence-electron chi connectivity index (χ0n) is 16.7. The van der Waals surface area contributed by atoms with Gasteiger partial charge in [0, 0.05) is 28.1 Å². The fourth-order valence-corrected chi connectivity index (χ4v) is 4.27. The molecule has 0 bridgehead atoms. The van der Waals surface area contributed by atoms with E-state index in [1.807, 2.05) is 59.6 Å². The first-order valence-electron chi connectivity index (χ1n) is 9.77. The number of hydrazone groups is 1. The minimum Gasteiger partial charge on any atom is -0.493 e. The average molecular weight is 421 g/mol. The molecule has 0 aliphatic carbocycles. The van der Waals surface area contributed by atoms with Gasteiger partial charge in [-0.2, -0.15) is 5.10 Å². The van der Waals surface area contributed by atoms with E-state index in [0.717, 1.165) is 34.6 Å². The third-order valence-electron chi connectivity index (χ3n) is 5.55. The number of halogens is 1. The first-order chi connectivity index (χ1) is 14.7. The lowest BCUT2D eigenvalue weighted by Crippen LogP contribution is -2.33. The Kier molecular flexibility index (Phi) is 4.75. The van der Waals surface area contributed by atoms with E-state index >= 15 is 0 Å². The van der Waals surface area contributed by atoms with Gasteiger partial charge in [0.2, 0.25) is 6.23 Å². The molecule has 0 radical (unpaired) electrons. The highest BCUT2D eigenvalue weighted by atomic mass is 35.5. The van der Waals surface area contributed by atoms with Gasteiger partial charge in [0.25, 0.3) is 0 Å². The van der Waals surface area contributed by atoms with Crippen molar-refractivity contribution in [1.82, 2.24) is 5.01 Å². The molecule has 2 aliphatic heterocycles. The van der Waals surface area contributed by atoms with Gasteiger partial charge >= 0.3 is 0 Å². The van der Waals surface area contributed by atoms with Crippen LogP contribution >= 0.6 is 11.6 Å². The lowest BCUT2D eigenvalue weighted by atomic mass is 9.95. The van der Waals surface area contributed by atoms with E-state index in [1.54, 1.807) is 14.2 Å². The Morgan fingerprint density at radius 3 is 2.53 bits per heavy atom. The molecular formula is C24H21ClN2O3. The Balaban J connectivity index is 1.58. The minimum atomic E-state index is -0.303. The van der Waals surface area contributed by atoms with E-state index in [1.165, 1.54) is 0 Å². The SMILES string of the molecule is COc1ccc(C2=NN3[C@H](C2)c2cc(Cl)ccc2O[C@H]3c2ccccc2)cc1OC. The van der Waals surface area contributed by atoms with Crippen LogP contribution in [0.4, 0.5) is 0 Å². The number of rotatable bonds is 4. The van der Waals surface area contributed by atoms with Gasteiger partial charge in [-0.1, -0.05) is 41.9 Å². The van der Waals surface area contributed by atoms with Gasteiger partial charge in [-0.15, -0.1) is 0 Å². The molecule has 30 heavy (non-hydrogen) atoms. The van der Waals surface area contributed by atoms with Crippen molar-refractivity contribution in [2.75, 3.05) is 14.2 Å². The number of benzene rings is 3. The predicted octanol–water partition coefficient (Wildman–Crippen LogP) is 5.60. The van der Waals surface area contributed by atoms with E-state index in [-0.39, 0.29) is 12.3 Å². The maximum Gasteiger partial charge on any atom is 0.213 e. The van der Waals surface area contributed by atoms with Crippen LogP contribution in [0, 0.1) is 0 Å². The molecule has 0 N–H and O–H groups in total. The van der Waals surface area contributed by atoms with Crippen molar-refractivity contribution in [2.45, 2.75) is 18.7 Å². The van der Waals surface area contributed by atoms with E-state index in [4.69, 9.17) is 30.9 Å². The summed E-state index contributed by atoms with van der Waals surface area (Å²) in [7, 11) is 3.27. The number of hydrogen-bond acceptors (Lipinski definition) is 5. The minimum absolute atomic E-state index is 0.0424. The van der Waals surface area contributed by atoms with Crippen LogP contribution in [0.5, 0.6) is 17.2 Å². The molecule has 0 unspecified atom stereocenters. The van der Waals surface area contributed by atoms with Crippen LogP contribution in [0.3, 0.4) is 0 Å². The molecule has 0 saturated heterocycles. The third-order valence-corrected chi connectivity index (χ3v) is 5.79. The van der Waals surface area contributed by atoms with Gasteiger partial charge in [0.15, 0.2) is 11.5 Å². The molecule has 152 valence electrons.